The van der Waals surface area contributed by atoms with E-state index in [1.807, 2.05) is 69.3 Å². The maximum absolute atomic E-state index is 13.7. The zero-order valence-electron chi connectivity index (χ0n) is 35.5. The number of rotatable bonds is 16. The number of sulfonamides is 1. The topological polar surface area (TPSA) is 206 Å². The molecule has 0 unspecified atom stereocenters. The van der Waals surface area contributed by atoms with Crippen LogP contribution in [0.2, 0.25) is 0 Å². The highest BCUT2D eigenvalue weighted by Crippen LogP contribution is 2.45. The number of ether oxygens (including phenoxy) is 5. The molecule has 324 valence electrons. The number of fused-ring (bicyclic) bond motifs is 4. The summed E-state index contributed by atoms with van der Waals surface area (Å²) in [4.78, 5) is 43.0. The van der Waals surface area contributed by atoms with Crippen LogP contribution in [0.25, 0.3) is 11.1 Å². The predicted octanol–water partition coefficient (Wildman–Crippen LogP) is 5.48. The highest BCUT2D eigenvalue weighted by molar-refractivity contribution is 7.90. The first-order valence-electron chi connectivity index (χ1n) is 20.0. The highest BCUT2D eigenvalue weighted by atomic mass is 32.2. The molecule has 1 aliphatic carbocycles. The van der Waals surface area contributed by atoms with Gasteiger partial charge in [-0.1, -0.05) is 48.5 Å². The third-order valence-corrected chi connectivity index (χ3v) is 12.6. The van der Waals surface area contributed by atoms with Crippen LogP contribution in [0.15, 0.2) is 76.6 Å². The van der Waals surface area contributed by atoms with E-state index in [9.17, 15) is 22.8 Å². The molecule has 0 spiro atoms. The monoisotopic (exact) mass is 855 g/mol. The minimum absolute atomic E-state index is 0.0129. The van der Waals surface area contributed by atoms with Crippen molar-refractivity contribution in [3.8, 4) is 28.4 Å². The number of nitrogens with zero attached hydrogens (tertiary/aromatic N) is 1. The molecule has 0 saturated carbocycles. The fraction of sp³-hybridized carbons (Fsp3) is 0.378. The molecule has 0 saturated heterocycles. The van der Waals surface area contributed by atoms with Gasteiger partial charge in [-0.25, -0.2) is 22.7 Å². The lowest BCUT2D eigenvalue weighted by molar-refractivity contribution is -0.147. The normalized spacial score (nSPS) is 14.4. The lowest BCUT2D eigenvalue weighted by Crippen LogP contribution is -2.42. The fourth-order valence-electron chi connectivity index (χ4n) is 7.80. The van der Waals surface area contributed by atoms with E-state index in [4.69, 9.17) is 29.4 Å². The maximum Gasteiger partial charge on any atom is 0.407 e. The summed E-state index contributed by atoms with van der Waals surface area (Å²) in [6.07, 6.45) is -0.00773. The van der Waals surface area contributed by atoms with Crippen molar-refractivity contribution in [1.82, 2.24) is 15.4 Å². The smallest absolute Gasteiger partial charge is 0.407 e. The summed E-state index contributed by atoms with van der Waals surface area (Å²) in [5.74, 6) is -0.149. The molecular formula is C45H53N5O10S. The second-order valence-electron chi connectivity index (χ2n) is 15.6. The Kier molecular flexibility index (Phi) is 13.5. The van der Waals surface area contributed by atoms with Gasteiger partial charge in [0.15, 0.2) is 6.61 Å². The van der Waals surface area contributed by atoms with E-state index in [2.05, 4.69) is 20.3 Å². The van der Waals surface area contributed by atoms with Crippen LogP contribution < -0.4 is 35.3 Å². The van der Waals surface area contributed by atoms with Crippen LogP contribution in [0.5, 0.6) is 17.2 Å². The van der Waals surface area contributed by atoms with E-state index >= 15 is 0 Å². The summed E-state index contributed by atoms with van der Waals surface area (Å²) >= 11 is 0. The third kappa shape index (κ3) is 10.0. The predicted molar refractivity (Wildman–Crippen MR) is 229 cm³/mol. The van der Waals surface area contributed by atoms with Gasteiger partial charge in [-0.15, -0.1) is 0 Å². The number of carbonyl (C=O) groups excluding carboxylic acids is 3. The van der Waals surface area contributed by atoms with Crippen molar-refractivity contribution in [2.45, 2.75) is 82.9 Å². The molecule has 2 aliphatic rings. The third-order valence-electron chi connectivity index (χ3n) is 10.9. The molecule has 2 amide bonds. The average molecular weight is 856 g/mol. The van der Waals surface area contributed by atoms with Gasteiger partial charge in [0.05, 0.1) is 12.0 Å². The quantitative estimate of drug-likeness (QED) is 0.0481. The molecule has 0 aromatic heterocycles. The molecule has 1 atom stereocenters. The molecule has 61 heavy (non-hydrogen) atoms. The zero-order chi connectivity index (χ0) is 44.1. The van der Waals surface area contributed by atoms with Crippen molar-refractivity contribution in [3.05, 3.63) is 106 Å². The van der Waals surface area contributed by atoms with Gasteiger partial charge in [-0.3, -0.25) is 9.79 Å². The first-order chi connectivity index (χ1) is 29.0. The first kappa shape index (κ1) is 44.3. The second kappa shape index (κ2) is 18.5. The number of hydrogen-bond acceptors (Lipinski definition) is 11. The number of nitrogens with two attached hydrogens (primary N) is 1. The Labute approximate surface area is 356 Å². The van der Waals surface area contributed by atoms with Gasteiger partial charge in [-0.05, 0) is 98.5 Å². The number of esters is 1. The summed E-state index contributed by atoms with van der Waals surface area (Å²) in [5.41, 5.74) is 13.1. The van der Waals surface area contributed by atoms with Gasteiger partial charge in [0.1, 0.15) is 42.1 Å². The Morgan fingerprint density at radius 3 is 2.28 bits per heavy atom. The molecule has 4 aromatic rings. The number of aliphatic imine (C=N–C) groups is 1. The molecule has 6 rings (SSSR count). The highest BCUT2D eigenvalue weighted by Gasteiger charge is 2.37. The number of amides is 2. The first-order valence-corrected chi connectivity index (χ1v) is 21.4. The SMILES string of the molecule is CNC(=O)COc1ccc(COC(=O)[C@@H](CCCN=C(N)NS(=O)(=O)c2c(C)c(C)c3c(c2C)CC(C)(C)O3)NC(=O)OCC2c3ccccc3-c3ccccc32)c(OC)c1. The summed E-state index contributed by atoms with van der Waals surface area (Å²) in [5, 5.41) is 5.14. The molecule has 1 aliphatic heterocycles. The van der Waals surface area contributed by atoms with Crippen molar-refractivity contribution in [2.75, 3.05) is 33.9 Å². The Morgan fingerprint density at radius 2 is 1.62 bits per heavy atom. The molecule has 0 bridgehead atoms. The molecule has 15 nitrogen and oxygen atoms in total. The summed E-state index contributed by atoms with van der Waals surface area (Å²) in [6, 6.07) is 19.5. The number of benzene rings is 4. The zero-order valence-corrected chi connectivity index (χ0v) is 36.3. The number of likely N-dealkylation sites (N-methyl/N-ethyl adjacent to an activating group) is 1. The number of nitrogens with one attached hydrogen (secondary N) is 3. The van der Waals surface area contributed by atoms with Crippen LogP contribution in [0.3, 0.4) is 0 Å². The molecule has 5 N–H and O–H groups in total. The van der Waals surface area contributed by atoms with E-state index in [1.165, 1.54) is 14.2 Å². The van der Waals surface area contributed by atoms with Gasteiger partial charge in [0.25, 0.3) is 15.9 Å². The Balaban J connectivity index is 1.12. The summed E-state index contributed by atoms with van der Waals surface area (Å²) in [6.45, 7) is 8.89. The van der Waals surface area contributed by atoms with Crippen molar-refractivity contribution in [1.29, 1.82) is 0 Å². The standard InChI is InChI=1S/C45H53N5O10S/c1-26-27(2)41(28(3)35-22-45(4,5)60-40(26)35)61(54,55)50-43(46)48-20-12-17-37(42(52)58-23-29-18-19-30(21-38(29)56-7)57-25-39(51)47-6)49-44(53)59-24-36-33-15-10-8-13-31(33)32-14-9-11-16-34(32)36/h8-11,13-16,18-19,21,36-37H,12,17,20,22-25H2,1-7H3,(H,47,51)(H,49,53)(H3,46,48,50)/t37-/m1/s1. The van der Waals surface area contributed by atoms with Crippen molar-refractivity contribution >= 4 is 34.0 Å². The van der Waals surface area contributed by atoms with Gasteiger partial charge in [0, 0.05) is 43.1 Å². The molecular weight excluding hydrogens is 803 g/mol. The number of methoxy groups -OCH3 is 1. The lowest BCUT2D eigenvalue weighted by atomic mass is 9.94. The van der Waals surface area contributed by atoms with Crippen LogP contribution in [0, 0.1) is 20.8 Å². The Bertz CT molecular complexity index is 2420. The largest absolute Gasteiger partial charge is 0.496 e. The van der Waals surface area contributed by atoms with Gasteiger partial charge >= 0.3 is 12.1 Å². The van der Waals surface area contributed by atoms with E-state index in [1.54, 1.807) is 32.0 Å². The lowest BCUT2D eigenvalue weighted by Gasteiger charge is -2.20. The minimum Gasteiger partial charge on any atom is -0.496 e. The molecule has 0 fully saturated rings. The van der Waals surface area contributed by atoms with Gasteiger partial charge in [0.2, 0.25) is 5.96 Å². The molecule has 16 heteroatoms. The summed E-state index contributed by atoms with van der Waals surface area (Å²) in [7, 11) is -1.18. The Hall–Kier alpha value is -6.29. The minimum atomic E-state index is -4.13. The molecule has 1 heterocycles. The van der Waals surface area contributed by atoms with Crippen LogP contribution in [0.4, 0.5) is 4.79 Å². The molecule has 0 radical (unpaired) electrons. The van der Waals surface area contributed by atoms with E-state index < -0.39 is 33.7 Å². The average Bonchev–Trinajstić information content (AvgIpc) is 3.74. The summed E-state index contributed by atoms with van der Waals surface area (Å²) < 4.78 is 58.3. The van der Waals surface area contributed by atoms with E-state index in [0.29, 0.717) is 40.4 Å². The van der Waals surface area contributed by atoms with Crippen LogP contribution in [-0.2, 0) is 42.1 Å². The van der Waals surface area contributed by atoms with Gasteiger partial charge < -0.3 is 40.1 Å². The number of guanidine groups is 1. The second-order valence-corrected chi connectivity index (χ2v) is 17.2. The molecule has 4 aromatic carbocycles. The van der Waals surface area contributed by atoms with Crippen LogP contribution in [0.1, 0.15) is 71.6 Å². The number of alkyl carbamates (subject to hydrolysis) is 1. The Morgan fingerprint density at radius 1 is 0.951 bits per heavy atom. The van der Waals surface area contributed by atoms with Gasteiger partial charge in [-0.2, -0.15) is 0 Å². The van der Waals surface area contributed by atoms with Crippen LogP contribution >= 0.6 is 0 Å². The number of hydrogen-bond donors (Lipinski definition) is 4. The van der Waals surface area contributed by atoms with Crippen molar-refractivity contribution < 1.29 is 46.5 Å². The van der Waals surface area contributed by atoms with E-state index in [0.717, 1.165) is 33.4 Å². The van der Waals surface area contributed by atoms with Crippen molar-refractivity contribution in [3.63, 3.8) is 0 Å². The van der Waals surface area contributed by atoms with Crippen molar-refractivity contribution in [2.24, 2.45) is 10.7 Å². The van der Waals surface area contributed by atoms with Crippen LogP contribution in [-0.4, -0.2) is 77.9 Å². The van der Waals surface area contributed by atoms with E-state index in [-0.39, 0.29) is 61.9 Å². The maximum atomic E-state index is 13.7. The fourth-order valence-corrected chi connectivity index (χ4v) is 9.32. The number of carbonyl (C=O) groups is 3.